The number of carbonyl (C=O) groups excluding carboxylic acids is 2. The molecule has 1 unspecified atom stereocenters. The summed E-state index contributed by atoms with van der Waals surface area (Å²) in [7, 11) is 0. The third-order valence-corrected chi connectivity index (χ3v) is 6.87. The number of nitrogens with one attached hydrogen (secondary N) is 1. The molecule has 146 valence electrons. The molecule has 0 aromatic heterocycles. The molecule has 4 saturated carbocycles. The van der Waals surface area contributed by atoms with Gasteiger partial charge in [0, 0.05) is 18.6 Å². The Morgan fingerprint density at radius 2 is 1.62 bits per heavy atom. The molecule has 2 amide bonds. The van der Waals surface area contributed by atoms with Gasteiger partial charge in [0.15, 0.2) is 0 Å². The van der Waals surface area contributed by atoms with Crippen molar-refractivity contribution >= 4 is 12.0 Å². The summed E-state index contributed by atoms with van der Waals surface area (Å²) in [6.07, 6.45) is 9.12. The van der Waals surface area contributed by atoms with E-state index in [0.717, 1.165) is 30.6 Å². The van der Waals surface area contributed by atoms with Gasteiger partial charge in [-0.25, -0.2) is 4.79 Å². The summed E-state index contributed by atoms with van der Waals surface area (Å²) in [4.78, 5) is 27.1. The molecule has 5 aliphatic rings. The van der Waals surface area contributed by atoms with E-state index < -0.39 is 5.60 Å². The van der Waals surface area contributed by atoms with Crippen molar-refractivity contribution in [2.45, 2.75) is 83.3 Å². The van der Waals surface area contributed by atoms with E-state index in [0.29, 0.717) is 13.1 Å². The molecule has 1 heterocycles. The van der Waals surface area contributed by atoms with Gasteiger partial charge in [0.2, 0.25) is 5.91 Å². The molecule has 5 rings (SSSR count). The third kappa shape index (κ3) is 3.72. The number of ether oxygens (including phenoxy) is 1. The molecule has 4 aliphatic carbocycles. The summed E-state index contributed by atoms with van der Waals surface area (Å²) in [5, 5.41) is 3.48. The van der Waals surface area contributed by atoms with E-state index in [4.69, 9.17) is 4.74 Å². The minimum absolute atomic E-state index is 0.0556. The first-order valence-corrected chi connectivity index (χ1v) is 10.5. The van der Waals surface area contributed by atoms with Crippen LogP contribution in [-0.4, -0.2) is 41.1 Å². The molecular formula is C21H34N2O3. The second kappa shape index (κ2) is 6.42. The Hall–Kier alpha value is -1.26. The van der Waals surface area contributed by atoms with E-state index in [2.05, 4.69) is 5.32 Å². The molecule has 1 atom stereocenters. The first-order chi connectivity index (χ1) is 12.2. The number of carbonyl (C=O) groups is 2. The Morgan fingerprint density at radius 3 is 2.15 bits per heavy atom. The zero-order chi connectivity index (χ0) is 18.5. The van der Waals surface area contributed by atoms with Crippen LogP contribution < -0.4 is 5.32 Å². The highest BCUT2D eigenvalue weighted by atomic mass is 16.6. The Balaban J connectivity index is 1.37. The number of piperidine rings is 1. The molecular weight excluding hydrogens is 328 g/mol. The van der Waals surface area contributed by atoms with Crippen molar-refractivity contribution < 1.29 is 14.3 Å². The average Bonchev–Trinajstić information content (AvgIpc) is 2.51. The van der Waals surface area contributed by atoms with Gasteiger partial charge in [-0.05, 0) is 89.9 Å². The summed E-state index contributed by atoms with van der Waals surface area (Å²) in [6.45, 7) is 6.83. The largest absolute Gasteiger partial charge is 0.444 e. The smallest absolute Gasteiger partial charge is 0.410 e. The van der Waals surface area contributed by atoms with Crippen LogP contribution in [0.1, 0.15) is 72.1 Å². The fourth-order valence-corrected chi connectivity index (χ4v) is 6.31. The summed E-state index contributed by atoms with van der Waals surface area (Å²) in [5.41, 5.74) is -0.439. The normalized spacial score (nSPS) is 39.0. The highest BCUT2D eigenvalue weighted by molar-refractivity contribution is 5.81. The molecule has 4 bridgehead atoms. The van der Waals surface area contributed by atoms with Crippen LogP contribution in [0.3, 0.4) is 0 Å². The van der Waals surface area contributed by atoms with Crippen LogP contribution in [0.2, 0.25) is 0 Å². The van der Waals surface area contributed by atoms with Crippen LogP contribution in [0.4, 0.5) is 4.79 Å². The number of hydrogen-bond acceptors (Lipinski definition) is 3. The fourth-order valence-electron chi connectivity index (χ4n) is 6.31. The quantitative estimate of drug-likeness (QED) is 0.814. The van der Waals surface area contributed by atoms with Gasteiger partial charge in [0.05, 0.1) is 5.92 Å². The molecule has 1 saturated heterocycles. The Kier molecular flexibility index (Phi) is 4.47. The third-order valence-electron chi connectivity index (χ3n) is 6.87. The van der Waals surface area contributed by atoms with Crippen molar-refractivity contribution in [1.82, 2.24) is 10.2 Å². The minimum Gasteiger partial charge on any atom is -0.444 e. The van der Waals surface area contributed by atoms with Gasteiger partial charge < -0.3 is 15.0 Å². The van der Waals surface area contributed by atoms with Crippen LogP contribution in [-0.2, 0) is 9.53 Å². The number of hydrogen-bond donors (Lipinski definition) is 1. The Bertz CT molecular complexity index is 545. The summed E-state index contributed by atoms with van der Waals surface area (Å²) < 4.78 is 5.49. The monoisotopic (exact) mass is 362 g/mol. The molecule has 0 spiro atoms. The lowest BCUT2D eigenvalue weighted by Crippen LogP contribution is -2.61. The van der Waals surface area contributed by atoms with Gasteiger partial charge in [0.1, 0.15) is 5.60 Å². The van der Waals surface area contributed by atoms with Crippen LogP contribution >= 0.6 is 0 Å². The second-order valence-electron chi connectivity index (χ2n) is 10.5. The summed E-state index contributed by atoms with van der Waals surface area (Å²) in [6, 6.07) is 0. The van der Waals surface area contributed by atoms with Crippen molar-refractivity contribution in [2.75, 3.05) is 13.1 Å². The first kappa shape index (κ1) is 18.1. The van der Waals surface area contributed by atoms with Crippen molar-refractivity contribution in [1.29, 1.82) is 0 Å². The van der Waals surface area contributed by atoms with E-state index in [1.54, 1.807) is 4.90 Å². The molecule has 0 aromatic rings. The van der Waals surface area contributed by atoms with Crippen LogP contribution in [0.25, 0.3) is 0 Å². The SMILES string of the molecule is CC(C)(C)OC(=O)N1CCCC(C(=O)NC23CC4CC(CC(C4)C2)C3)C1. The van der Waals surface area contributed by atoms with E-state index in [1.165, 1.54) is 38.5 Å². The lowest BCUT2D eigenvalue weighted by atomic mass is 9.53. The zero-order valence-corrected chi connectivity index (χ0v) is 16.6. The molecule has 0 radical (unpaired) electrons. The van der Waals surface area contributed by atoms with Crippen molar-refractivity contribution in [3.63, 3.8) is 0 Å². The number of amides is 2. The van der Waals surface area contributed by atoms with Gasteiger partial charge >= 0.3 is 6.09 Å². The molecule has 5 heteroatoms. The fraction of sp³-hybridized carbons (Fsp3) is 0.905. The van der Waals surface area contributed by atoms with Gasteiger partial charge in [-0.1, -0.05) is 0 Å². The zero-order valence-electron chi connectivity index (χ0n) is 16.6. The summed E-state index contributed by atoms with van der Waals surface area (Å²) >= 11 is 0. The predicted octanol–water partition coefficient (Wildman–Crippen LogP) is 3.72. The van der Waals surface area contributed by atoms with Crippen LogP contribution in [0, 0.1) is 23.7 Å². The maximum absolute atomic E-state index is 13.0. The minimum atomic E-state index is -0.495. The maximum atomic E-state index is 13.0. The Labute approximate surface area is 157 Å². The van der Waals surface area contributed by atoms with Crippen LogP contribution in [0.15, 0.2) is 0 Å². The highest BCUT2D eigenvalue weighted by Gasteiger charge is 2.52. The first-order valence-electron chi connectivity index (χ1n) is 10.5. The molecule has 5 nitrogen and oxygen atoms in total. The number of nitrogens with zero attached hydrogens (tertiary/aromatic N) is 1. The molecule has 5 fully saturated rings. The predicted molar refractivity (Wildman–Crippen MR) is 99.6 cm³/mol. The van der Waals surface area contributed by atoms with Crippen molar-refractivity contribution in [3.05, 3.63) is 0 Å². The topological polar surface area (TPSA) is 58.6 Å². The van der Waals surface area contributed by atoms with Gasteiger partial charge in [-0.2, -0.15) is 0 Å². The summed E-state index contributed by atoms with van der Waals surface area (Å²) in [5.74, 6) is 2.55. The highest BCUT2D eigenvalue weighted by Crippen LogP contribution is 2.55. The maximum Gasteiger partial charge on any atom is 0.410 e. The van der Waals surface area contributed by atoms with E-state index in [1.807, 2.05) is 20.8 Å². The molecule has 1 N–H and O–H groups in total. The van der Waals surface area contributed by atoms with E-state index in [9.17, 15) is 9.59 Å². The van der Waals surface area contributed by atoms with Crippen molar-refractivity contribution in [3.8, 4) is 0 Å². The lowest BCUT2D eigenvalue weighted by Gasteiger charge is -2.57. The number of likely N-dealkylation sites (tertiary alicyclic amines) is 1. The standard InChI is InChI=1S/C21H34N2O3/c1-20(2,3)26-19(25)23-6-4-5-17(13-23)18(24)22-21-10-14-7-15(11-21)9-16(8-14)12-21/h14-17H,4-13H2,1-3H3,(H,22,24). The van der Waals surface area contributed by atoms with Crippen molar-refractivity contribution in [2.24, 2.45) is 23.7 Å². The average molecular weight is 363 g/mol. The van der Waals surface area contributed by atoms with Gasteiger partial charge in [-0.15, -0.1) is 0 Å². The lowest BCUT2D eigenvalue weighted by molar-refractivity contribution is -0.132. The van der Waals surface area contributed by atoms with Gasteiger partial charge in [0.25, 0.3) is 0 Å². The van der Waals surface area contributed by atoms with E-state index in [-0.39, 0.29) is 23.5 Å². The number of rotatable bonds is 2. The Morgan fingerprint density at radius 1 is 1.04 bits per heavy atom. The molecule has 1 aliphatic heterocycles. The van der Waals surface area contributed by atoms with Crippen LogP contribution in [0.5, 0.6) is 0 Å². The van der Waals surface area contributed by atoms with Gasteiger partial charge in [-0.3, -0.25) is 4.79 Å². The molecule has 0 aromatic carbocycles. The van der Waals surface area contributed by atoms with E-state index >= 15 is 0 Å². The molecule has 26 heavy (non-hydrogen) atoms. The second-order valence-corrected chi connectivity index (χ2v) is 10.5.